The minimum atomic E-state index is -0.741. The van der Waals surface area contributed by atoms with E-state index < -0.39 is 5.60 Å². The highest BCUT2D eigenvalue weighted by Crippen LogP contribution is 2.31. The summed E-state index contributed by atoms with van der Waals surface area (Å²) in [6.07, 6.45) is 1.36. The van der Waals surface area contributed by atoms with Crippen molar-refractivity contribution in [1.29, 1.82) is 0 Å². The highest BCUT2D eigenvalue weighted by Gasteiger charge is 2.39. The van der Waals surface area contributed by atoms with Crippen molar-refractivity contribution in [3.05, 3.63) is 48.0 Å². The number of thiazole rings is 1. The van der Waals surface area contributed by atoms with Crippen LogP contribution < -0.4 is 10.6 Å². The van der Waals surface area contributed by atoms with Crippen LogP contribution in [0.5, 0.6) is 0 Å². The monoisotopic (exact) mass is 381 g/mol. The van der Waals surface area contributed by atoms with Gasteiger partial charge in [0.05, 0.1) is 10.2 Å². The number of hydrogen-bond donors (Lipinski definition) is 2. The van der Waals surface area contributed by atoms with Crippen LogP contribution in [0, 0.1) is 6.92 Å². The van der Waals surface area contributed by atoms with Crippen LogP contribution in [0.25, 0.3) is 20.8 Å². The Bertz CT molecular complexity index is 959. The predicted molar refractivity (Wildman–Crippen MR) is 110 cm³/mol. The minimum absolute atomic E-state index is 0.0743. The molecule has 0 unspecified atom stereocenters. The van der Waals surface area contributed by atoms with Crippen molar-refractivity contribution < 1.29 is 9.53 Å². The van der Waals surface area contributed by atoms with Crippen LogP contribution in [0.2, 0.25) is 0 Å². The number of methoxy groups -OCH3 is 1. The number of nitrogens with zero attached hydrogens (tertiary/aromatic N) is 1. The third-order valence-electron chi connectivity index (χ3n) is 5.15. The Hall–Kier alpha value is -2.28. The maximum atomic E-state index is 12.8. The van der Waals surface area contributed by atoms with Gasteiger partial charge in [0.2, 0.25) is 0 Å². The fourth-order valence-corrected chi connectivity index (χ4v) is 4.52. The van der Waals surface area contributed by atoms with Crippen LogP contribution in [-0.4, -0.2) is 36.7 Å². The van der Waals surface area contributed by atoms with E-state index in [1.54, 1.807) is 18.4 Å². The van der Waals surface area contributed by atoms with Crippen molar-refractivity contribution in [3.63, 3.8) is 0 Å². The van der Waals surface area contributed by atoms with Crippen molar-refractivity contribution >= 4 is 33.1 Å². The number of nitrogens with one attached hydrogen (secondary N) is 2. The summed E-state index contributed by atoms with van der Waals surface area (Å²) in [6.45, 7) is 3.67. The SMILES string of the molecule is COC1(C(=O)Nc2ccc(-c3nc4ccc(C)cc4s3)cc2)CCNCC1. The molecular formula is C21H23N3O2S. The second kappa shape index (κ2) is 7.38. The number of piperidine rings is 1. The zero-order valence-corrected chi connectivity index (χ0v) is 16.4. The summed E-state index contributed by atoms with van der Waals surface area (Å²) in [4.78, 5) is 17.5. The number of fused-ring (bicyclic) bond motifs is 1. The van der Waals surface area contributed by atoms with Gasteiger partial charge in [-0.25, -0.2) is 4.98 Å². The minimum Gasteiger partial charge on any atom is -0.368 e. The van der Waals surface area contributed by atoms with Crippen molar-refractivity contribution in [2.75, 3.05) is 25.5 Å². The molecule has 2 aromatic carbocycles. The molecule has 6 heteroatoms. The van der Waals surface area contributed by atoms with Crippen LogP contribution in [0.1, 0.15) is 18.4 Å². The summed E-state index contributed by atoms with van der Waals surface area (Å²) < 4.78 is 6.78. The summed E-state index contributed by atoms with van der Waals surface area (Å²) in [6, 6.07) is 14.2. The Morgan fingerprint density at radius 3 is 2.63 bits per heavy atom. The van der Waals surface area contributed by atoms with Crippen LogP contribution in [0.4, 0.5) is 5.69 Å². The van der Waals surface area contributed by atoms with Gasteiger partial charge in [-0.3, -0.25) is 4.79 Å². The normalized spacial score (nSPS) is 16.4. The van der Waals surface area contributed by atoms with Crippen LogP contribution in [0.3, 0.4) is 0 Å². The Labute approximate surface area is 162 Å². The van der Waals surface area contributed by atoms with Crippen LogP contribution in [0.15, 0.2) is 42.5 Å². The van der Waals surface area contributed by atoms with E-state index in [9.17, 15) is 4.79 Å². The number of rotatable bonds is 4. The van der Waals surface area contributed by atoms with Gasteiger partial charge in [0.15, 0.2) is 0 Å². The van der Waals surface area contributed by atoms with E-state index in [4.69, 9.17) is 9.72 Å². The number of carbonyl (C=O) groups is 1. The smallest absolute Gasteiger partial charge is 0.256 e. The van der Waals surface area contributed by atoms with Crippen molar-refractivity contribution in [2.24, 2.45) is 0 Å². The van der Waals surface area contributed by atoms with Gasteiger partial charge >= 0.3 is 0 Å². The molecule has 1 amide bonds. The molecule has 0 radical (unpaired) electrons. The molecule has 0 spiro atoms. The lowest BCUT2D eigenvalue weighted by Crippen LogP contribution is -2.51. The number of anilines is 1. The number of hydrogen-bond acceptors (Lipinski definition) is 5. The van der Waals surface area contributed by atoms with E-state index in [0.717, 1.165) is 34.9 Å². The fourth-order valence-electron chi connectivity index (χ4n) is 3.45. The average Bonchev–Trinajstić information content (AvgIpc) is 3.12. The maximum absolute atomic E-state index is 12.8. The molecule has 140 valence electrons. The molecular weight excluding hydrogens is 358 g/mol. The highest BCUT2D eigenvalue weighted by atomic mass is 32.1. The summed E-state index contributed by atoms with van der Waals surface area (Å²) in [5.74, 6) is -0.0743. The summed E-state index contributed by atoms with van der Waals surface area (Å²) >= 11 is 1.68. The zero-order valence-electron chi connectivity index (χ0n) is 15.5. The first kappa shape index (κ1) is 18.1. The van der Waals surface area contributed by atoms with Gasteiger partial charge in [-0.05, 0) is 74.8 Å². The first-order valence-electron chi connectivity index (χ1n) is 9.15. The summed E-state index contributed by atoms with van der Waals surface area (Å²) in [5.41, 5.74) is 3.34. The van der Waals surface area contributed by atoms with E-state index in [1.165, 1.54) is 10.3 Å². The molecule has 1 aliphatic heterocycles. The largest absolute Gasteiger partial charge is 0.368 e. The predicted octanol–water partition coefficient (Wildman–Crippen LogP) is 3.98. The van der Waals surface area contributed by atoms with E-state index >= 15 is 0 Å². The summed E-state index contributed by atoms with van der Waals surface area (Å²) in [7, 11) is 1.61. The third kappa shape index (κ3) is 3.60. The molecule has 2 heterocycles. The standard InChI is InChI=1S/C21H23N3O2S/c1-14-3-8-17-18(13-14)27-19(24-17)15-4-6-16(7-5-15)23-20(25)21(26-2)9-11-22-12-10-21/h3-8,13,22H,9-12H2,1-2H3,(H,23,25). The van der Waals surface area contributed by atoms with Gasteiger partial charge in [0.1, 0.15) is 10.6 Å². The molecule has 1 fully saturated rings. The molecule has 0 atom stereocenters. The quantitative estimate of drug-likeness (QED) is 0.718. The number of ether oxygens (including phenoxy) is 1. The van der Waals surface area contributed by atoms with E-state index in [1.807, 2.05) is 24.3 Å². The number of carbonyl (C=O) groups excluding carboxylic acids is 1. The molecule has 5 nitrogen and oxygen atoms in total. The lowest BCUT2D eigenvalue weighted by molar-refractivity contribution is -0.140. The molecule has 1 aromatic heterocycles. The van der Waals surface area contributed by atoms with E-state index in [-0.39, 0.29) is 5.91 Å². The van der Waals surface area contributed by atoms with E-state index in [2.05, 4.69) is 35.8 Å². The van der Waals surface area contributed by atoms with Crippen molar-refractivity contribution in [2.45, 2.75) is 25.4 Å². The second-order valence-corrected chi connectivity index (χ2v) is 8.00. The number of benzene rings is 2. The molecule has 3 aromatic rings. The molecule has 27 heavy (non-hydrogen) atoms. The number of amides is 1. The molecule has 0 aliphatic carbocycles. The van der Waals surface area contributed by atoms with Gasteiger partial charge < -0.3 is 15.4 Å². The molecule has 4 rings (SSSR count). The Kier molecular flexibility index (Phi) is 4.95. The average molecular weight is 382 g/mol. The van der Waals surface area contributed by atoms with Gasteiger partial charge in [0, 0.05) is 18.4 Å². The van der Waals surface area contributed by atoms with Gasteiger partial charge in [0.25, 0.3) is 5.91 Å². The molecule has 1 saturated heterocycles. The molecule has 1 aliphatic rings. The topological polar surface area (TPSA) is 63.2 Å². The molecule has 2 N–H and O–H groups in total. The first-order chi connectivity index (χ1) is 13.1. The van der Waals surface area contributed by atoms with Crippen LogP contribution in [-0.2, 0) is 9.53 Å². The Balaban J connectivity index is 1.52. The van der Waals surface area contributed by atoms with Crippen molar-refractivity contribution in [3.8, 4) is 10.6 Å². The fraction of sp³-hybridized carbons (Fsp3) is 0.333. The lowest BCUT2D eigenvalue weighted by atomic mass is 9.91. The lowest BCUT2D eigenvalue weighted by Gasteiger charge is -2.34. The number of aryl methyl sites for hydroxylation is 1. The first-order valence-corrected chi connectivity index (χ1v) is 9.96. The zero-order chi connectivity index (χ0) is 18.9. The second-order valence-electron chi connectivity index (χ2n) is 6.97. The molecule has 0 saturated carbocycles. The van der Waals surface area contributed by atoms with Crippen LogP contribution >= 0.6 is 11.3 Å². The highest BCUT2D eigenvalue weighted by molar-refractivity contribution is 7.21. The maximum Gasteiger partial charge on any atom is 0.256 e. The van der Waals surface area contributed by atoms with Gasteiger partial charge in [-0.1, -0.05) is 6.07 Å². The molecule has 0 bridgehead atoms. The van der Waals surface area contributed by atoms with Gasteiger partial charge in [-0.2, -0.15) is 0 Å². The Morgan fingerprint density at radius 1 is 1.19 bits per heavy atom. The Morgan fingerprint density at radius 2 is 1.93 bits per heavy atom. The number of aromatic nitrogens is 1. The van der Waals surface area contributed by atoms with Gasteiger partial charge in [-0.15, -0.1) is 11.3 Å². The third-order valence-corrected chi connectivity index (χ3v) is 6.22. The summed E-state index contributed by atoms with van der Waals surface area (Å²) in [5, 5.41) is 7.26. The van der Waals surface area contributed by atoms with E-state index in [0.29, 0.717) is 12.8 Å². The van der Waals surface area contributed by atoms with Crippen molar-refractivity contribution in [1.82, 2.24) is 10.3 Å².